The fourth-order valence-corrected chi connectivity index (χ4v) is 1.09. The number of carboxylic acid groups (broad SMARTS) is 1. The molecule has 0 aliphatic heterocycles. The number of carboxylic acids is 1. The zero-order valence-corrected chi connectivity index (χ0v) is 8.66. The minimum absolute atomic E-state index is 0.174. The number of hydrogen-bond acceptors (Lipinski definition) is 3. The van der Waals surface area contributed by atoms with Crippen LogP contribution in [0.15, 0.2) is 18.2 Å². The van der Waals surface area contributed by atoms with E-state index in [1.807, 2.05) is 0 Å². The molecule has 0 aliphatic carbocycles. The lowest BCUT2D eigenvalue weighted by Crippen LogP contribution is -2.42. The molecule has 1 unspecified atom stereocenters. The van der Waals surface area contributed by atoms with Crippen molar-refractivity contribution in [2.45, 2.75) is 6.04 Å². The van der Waals surface area contributed by atoms with Gasteiger partial charge in [-0.15, -0.1) is 0 Å². The molecule has 0 saturated heterocycles. The van der Waals surface area contributed by atoms with Crippen LogP contribution in [0.4, 0.5) is 10.1 Å². The van der Waals surface area contributed by atoms with Gasteiger partial charge in [-0.3, -0.25) is 4.79 Å². The highest BCUT2D eigenvalue weighted by molar-refractivity contribution is 6.31. The fraction of sp³-hybridized carbons (Fsp3) is 0.111. The number of anilines is 1. The average Bonchev–Trinajstić information content (AvgIpc) is 2.22. The Hall–Kier alpha value is -1.66. The van der Waals surface area contributed by atoms with Crippen LogP contribution in [0.1, 0.15) is 0 Å². The Labute approximate surface area is 95.0 Å². The molecule has 86 valence electrons. The summed E-state index contributed by atoms with van der Waals surface area (Å²) in [5.41, 5.74) is 5.23. The Balaban J connectivity index is 2.77. The van der Waals surface area contributed by atoms with Gasteiger partial charge in [-0.25, -0.2) is 9.18 Å². The molecule has 1 rings (SSSR count). The summed E-state index contributed by atoms with van der Waals surface area (Å²) in [5, 5.41) is 10.5. The van der Waals surface area contributed by atoms with Gasteiger partial charge >= 0.3 is 5.97 Å². The van der Waals surface area contributed by atoms with Gasteiger partial charge in [0, 0.05) is 5.69 Å². The van der Waals surface area contributed by atoms with E-state index in [1.54, 1.807) is 0 Å². The summed E-state index contributed by atoms with van der Waals surface area (Å²) in [6.07, 6.45) is 0. The van der Waals surface area contributed by atoms with Gasteiger partial charge in [0.25, 0.3) is 5.91 Å². The molecule has 0 fully saturated rings. The van der Waals surface area contributed by atoms with Crippen molar-refractivity contribution in [1.29, 1.82) is 0 Å². The van der Waals surface area contributed by atoms with Gasteiger partial charge in [0.1, 0.15) is 5.82 Å². The lowest BCUT2D eigenvalue weighted by atomic mass is 10.2. The molecule has 16 heavy (non-hydrogen) atoms. The highest BCUT2D eigenvalue weighted by atomic mass is 35.5. The number of benzene rings is 1. The third kappa shape index (κ3) is 2.91. The second-order valence-corrected chi connectivity index (χ2v) is 3.34. The minimum Gasteiger partial charge on any atom is -0.480 e. The van der Waals surface area contributed by atoms with Crippen molar-refractivity contribution in [2.75, 3.05) is 5.32 Å². The molecule has 1 amide bonds. The van der Waals surface area contributed by atoms with E-state index in [-0.39, 0.29) is 10.7 Å². The van der Waals surface area contributed by atoms with Gasteiger partial charge in [-0.2, -0.15) is 0 Å². The predicted octanol–water partition coefficient (Wildman–Crippen LogP) is 0.830. The maximum absolute atomic E-state index is 12.8. The molecule has 0 aromatic heterocycles. The SMILES string of the molecule is NC(C(=O)O)C(=O)Nc1ccc(F)c(Cl)c1. The third-order valence-corrected chi connectivity index (χ3v) is 2.03. The van der Waals surface area contributed by atoms with E-state index in [0.29, 0.717) is 0 Å². The summed E-state index contributed by atoms with van der Waals surface area (Å²) in [7, 11) is 0. The maximum atomic E-state index is 12.8. The number of amides is 1. The molecule has 1 aromatic carbocycles. The number of halogens is 2. The summed E-state index contributed by atoms with van der Waals surface area (Å²) in [6.45, 7) is 0. The summed E-state index contributed by atoms with van der Waals surface area (Å²) >= 11 is 5.47. The summed E-state index contributed by atoms with van der Waals surface area (Å²) in [4.78, 5) is 21.6. The average molecular weight is 247 g/mol. The molecule has 0 radical (unpaired) electrons. The van der Waals surface area contributed by atoms with Crippen LogP contribution in [-0.2, 0) is 9.59 Å². The Morgan fingerprint density at radius 1 is 1.50 bits per heavy atom. The van der Waals surface area contributed by atoms with E-state index in [0.717, 1.165) is 12.1 Å². The lowest BCUT2D eigenvalue weighted by Gasteiger charge is -2.08. The van der Waals surface area contributed by atoms with Crippen LogP contribution in [-0.4, -0.2) is 23.0 Å². The summed E-state index contributed by atoms with van der Waals surface area (Å²) in [6, 6.07) is 1.77. The second kappa shape index (κ2) is 4.91. The Morgan fingerprint density at radius 2 is 2.12 bits per heavy atom. The minimum atomic E-state index is -1.68. The van der Waals surface area contributed by atoms with Crippen molar-refractivity contribution in [1.82, 2.24) is 0 Å². The number of nitrogens with two attached hydrogens (primary N) is 1. The fourth-order valence-electron chi connectivity index (χ4n) is 0.906. The second-order valence-electron chi connectivity index (χ2n) is 2.93. The number of nitrogens with one attached hydrogen (secondary N) is 1. The first-order valence-corrected chi connectivity index (χ1v) is 4.54. The van der Waals surface area contributed by atoms with E-state index in [4.69, 9.17) is 22.4 Å². The van der Waals surface area contributed by atoms with Crippen molar-refractivity contribution >= 4 is 29.2 Å². The van der Waals surface area contributed by atoms with Crippen molar-refractivity contribution in [2.24, 2.45) is 5.73 Å². The molecule has 0 aliphatic rings. The highest BCUT2D eigenvalue weighted by Gasteiger charge is 2.21. The number of aliphatic carboxylic acids is 1. The third-order valence-electron chi connectivity index (χ3n) is 1.74. The van der Waals surface area contributed by atoms with E-state index < -0.39 is 23.7 Å². The first-order chi connectivity index (χ1) is 7.41. The molecule has 5 nitrogen and oxygen atoms in total. The van der Waals surface area contributed by atoms with Crippen LogP contribution in [0.3, 0.4) is 0 Å². The standard InChI is InChI=1S/C9H8ClFN2O3/c10-5-3-4(1-2-6(5)11)13-8(14)7(12)9(15)16/h1-3,7H,12H2,(H,13,14)(H,15,16). The summed E-state index contributed by atoms with van der Waals surface area (Å²) in [5.74, 6) is -3.00. The van der Waals surface area contributed by atoms with E-state index in [1.165, 1.54) is 6.07 Å². The van der Waals surface area contributed by atoms with Crippen LogP contribution in [0, 0.1) is 5.82 Å². The number of rotatable bonds is 3. The van der Waals surface area contributed by atoms with Crippen LogP contribution in [0.25, 0.3) is 0 Å². The monoisotopic (exact) mass is 246 g/mol. The van der Waals surface area contributed by atoms with Crippen molar-refractivity contribution in [3.8, 4) is 0 Å². The van der Waals surface area contributed by atoms with Gasteiger partial charge in [-0.1, -0.05) is 11.6 Å². The molecule has 0 spiro atoms. The van der Waals surface area contributed by atoms with Crippen molar-refractivity contribution in [3.05, 3.63) is 29.0 Å². The van der Waals surface area contributed by atoms with Crippen molar-refractivity contribution in [3.63, 3.8) is 0 Å². The van der Waals surface area contributed by atoms with Gasteiger partial charge in [0.05, 0.1) is 5.02 Å². The quantitative estimate of drug-likeness (QED) is 0.689. The van der Waals surface area contributed by atoms with Gasteiger partial charge < -0.3 is 16.2 Å². The van der Waals surface area contributed by atoms with Crippen LogP contribution in [0.2, 0.25) is 5.02 Å². The Kier molecular flexibility index (Phi) is 3.81. The first-order valence-electron chi connectivity index (χ1n) is 4.16. The predicted molar refractivity (Wildman–Crippen MR) is 55.7 cm³/mol. The summed E-state index contributed by atoms with van der Waals surface area (Å²) < 4.78 is 12.8. The van der Waals surface area contributed by atoms with Gasteiger partial charge in [0.15, 0.2) is 6.04 Å². The Morgan fingerprint density at radius 3 is 2.62 bits per heavy atom. The Bertz CT molecular complexity index is 439. The van der Waals surface area contributed by atoms with Crippen molar-refractivity contribution < 1.29 is 19.1 Å². The maximum Gasteiger partial charge on any atom is 0.330 e. The molecule has 0 saturated carbocycles. The largest absolute Gasteiger partial charge is 0.480 e. The molecular formula is C9H8ClFN2O3. The van der Waals surface area contributed by atoms with Crippen LogP contribution < -0.4 is 11.1 Å². The molecule has 4 N–H and O–H groups in total. The number of hydrogen-bond donors (Lipinski definition) is 3. The topological polar surface area (TPSA) is 92.4 Å². The van der Waals surface area contributed by atoms with Gasteiger partial charge in [0.2, 0.25) is 0 Å². The molecule has 0 heterocycles. The smallest absolute Gasteiger partial charge is 0.330 e. The number of carbonyl (C=O) groups excluding carboxylic acids is 1. The van der Waals surface area contributed by atoms with E-state index >= 15 is 0 Å². The zero-order chi connectivity index (χ0) is 12.3. The normalized spacial score (nSPS) is 11.9. The lowest BCUT2D eigenvalue weighted by molar-refractivity contribution is -0.141. The molecule has 1 aromatic rings. The highest BCUT2D eigenvalue weighted by Crippen LogP contribution is 2.19. The molecule has 1 atom stereocenters. The van der Waals surface area contributed by atoms with E-state index in [2.05, 4.69) is 5.32 Å². The zero-order valence-electron chi connectivity index (χ0n) is 7.91. The first kappa shape index (κ1) is 12.4. The molecule has 7 heteroatoms. The van der Waals surface area contributed by atoms with Crippen LogP contribution >= 0.6 is 11.6 Å². The molecular weight excluding hydrogens is 239 g/mol. The van der Waals surface area contributed by atoms with Gasteiger partial charge in [-0.05, 0) is 18.2 Å². The molecule has 0 bridgehead atoms. The van der Waals surface area contributed by atoms with Crippen LogP contribution in [0.5, 0.6) is 0 Å². The number of carbonyl (C=O) groups is 2. The van der Waals surface area contributed by atoms with E-state index in [9.17, 15) is 14.0 Å².